The van der Waals surface area contributed by atoms with Gasteiger partial charge in [-0.25, -0.2) is 8.42 Å². The summed E-state index contributed by atoms with van der Waals surface area (Å²) in [6.07, 6.45) is 8.49. The summed E-state index contributed by atoms with van der Waals surface area (Å²) in [6.45, 7) is 4.53. The van der Waals surface area contributed by atoms with Crippen LogP contribution in [0.3, 0.4) is 0 Å². The molecule has 4 rings (SSSR count). The number of ether oxygens (including phenoxy) is 1. The third kappa shape index (κ3) is 3.47. The second kappa shape index (κ2) is 7.90. The topological polar surface area (TPSA) is 80.6 Å². The van der Waals surface area contributed by atoms with Crippen LogP contribution in [-0.4, -0.2) is 71.3 Å². The van der Waals surface area contributed by atoms with Crippen LogP contribution in [0.1, 0.15) is 31.4 Å². The number of pyridine rings is 1. The minimum atomic E-state index is -3.47. The second-order valence-corrected chi connectivity index (χ2v) is 9.30. The normalized spacial score (nSPS) is 24.9. The first-order valence-electron chi connectivity index (χ1n) is 9.75. The maximum atomic E-state index is 12.9. The van der Waals surface area contributed by atoms with Crippen LogP contribution in [0.15, 0.2) is 41.8 Å². The van der Waals surface area contributed by atoms with Gasteiger partial charge >= 0.3 is 0 Å². The Bertz CT molecular complexity index is 893. The first-order valence-corrected chi connectivity index (χ1v) is 11.2. The van der Waals surface area contributed by atoms with Crippen LogP contribution in [0.2, 0.25) is 0 Å². The highest BCUT2D eigenvalue weighted by Crippen LogP contribution is 2.39. The zero-order valence-electron chi connectivity index (χ0n) is 16.3. The van der Waals surface area contributed by atoms with Gasteiger partial charge in [0.2, 0.25) is 10.0 Å². The predicted molar refractivity (Wildman–Crippen MR) is 104 cm³/mol. The number of methoxy groups -OCH3 is 1. The average Bonchev–Trinajstić information content (AvgIpc) is 3.19. The van der Waals surface area contributed by atoms with Crippen molar-refractivity contribution >= 4 is 10.0 Å². The summed E-state index contributed by atoms with van der Waals surface area (Å²) in [5.74, 6) is 0. The molecule has 2 saturated heterocycles. The van der Waals surface area contributed by atoms with E-state index in [0.717, 1.165) is 19.4 Å². The number of likely N-dealkylation sites (tertiary alicyclic amines) is 1. The first kappa shape index (κ1) is 19.5. The van der Waals surface area contributed by atoms with Crippen molar-refractivity contribution in [2.24, 2.45) is 0 Å². The van der Waals surface area contributed by atoms with Crippen LogP contribution in [-0.2, 0) is 21.3 Å². The maximum Gasteiger partial charge on any atom is 0.246 e. The molecule has 28 heavy (non-hydrogen) atoms. The summed E-state index contributed by atoms with van der Waals surface area (Å²) in [5, 5.41) is 4.11. The smallest absolute Gasteiger partial charge is 0.246 e. The molecule has 152 valence electrons. The van der Waals surface area contributed by atoms with Crippen molar-refractivity contribution in [2.75, 3.05) is 26.7 Å². The van der Waals surface area contributed by atoms with Gasteiger partial charge in [0.05, 0.1) is 18.3 Å². The van der Waals surface area contributed by atoms with Gasteiger partial charge in [0.15, 0.2) is 0 Å². The van der Waals surface area contributed by atoms with Gasteiger partial charge in [-0.2, -0.15) is 9.40 Å². The van der Waals surface area contributed by atoms with Crippen LogP contribution in [0, 0.1) is 0 Å². The molecule has 0 N–H and O–H groups in total. The Labute approximate surface area is 166 Å². The fourth-order valence-corrected chi connectivity index (χ4v) is 5.68. The van der Waals surface area contributed by atoms with Crippen LogP contribution >= 0.6 is 0 Å². The largest absolute Gasteiger partial charge is 0.378 e. The lowest BCUT2D eigenvalue weighted by molar-refractivity contribution is -0.114. The van der Waals surface area contributed by atoms with Gasteiger partial charge in [-0.3, -0.25) is 14.6 Å². The maximum absolute atomic E-state index is 12.9. The van der Waals surface area contributed by atoms with Crippen LogP contribution in [0.5, 0.6) is 0 Å². The minimum absolute atomic E-state index is 0.170. The number of hydrogen-bond donors (Lipinski definition) is 0. The van der Waals surface area contributed by atoms with E-state index >= 15 is 0 Å². The summed E-state index contributed by atoms with van der Waals surface area (Å²) < 4.78 is 34.7. The van der Waals surface area contributed by atoms with E-state index in [4.69, 9.17) is 4.74 Å². The van der Waals surface area contributed by atoms with Crippen LogP contribution in [0.25, 0.3) is 0 Å². The van der Waals surface area contributed by atoms with Gasteiger partial charge in [0.1, 0.15) is 4.90 Å². The van der Waals surface area contributed by atoms with E-state index in [9.17, 15) is 8.42 Å². The van der Waals surface area contributed by atoms with Gasteiger partial charge in [0, 0.05) is 57.9 Å². The van der Waals surface area contributed by atoms with E-state index in [0.29, 0.717) is 25.7 Å². The highest BCUT2D eigenvalue weighted by molar-refractivity contribution is 7.89. The Hall–Kier alpha value is -1.81. The monoisotopic (exact) mass is 405 g/mol. The molecule has 2 aromatic rings. The molecule has 0 radical (unpaired) electrons. The van der Waals surface area contributed by atoms with Gasteiger partial charge in [-0.15, -0.1) is 0 Å². The van der Waals surface area contributed by atoms with E-state index in [-0.39, 0.29) is 17.0 Å². The molecule has 8 nitrogen and oxygen atoms in total. The predicted octanol–water partition coefficient (Wildman–Crippen LogP) is 1.52. The quantitative estimate of drug-likeness (QED) is 0.725. The highest BCUT2D eigenvalue weighted by atomic mass is 32.2. The van der Waals surface area contributed by atoms with Crippen LogP contribution < -0.4 is 0 Å². The molecule has 0 aromatic carbocycles. The molecule has 0 bridgehead atoms. The Balaban J connectivity index is 1.42. The SMILES string of the molecule is CCn1cc(S(=O)(=O)N2CCC(N3C[C@H](OC)[C@@H]3c3ccncc3)CC2)cn1. The second-order valence-electron chi connectivity index (χ2n) is 7.36. The van der Waals surface area contributed by atoms with Crippen molar-refractivity contribution in [1.82, 2.24) is 24.0 Å². The van der Waals surface area contributed by atoms with Gasteiger partial charge in [-0.05, 0) is 37.5 Å². The van der Waals surface area contributed by atoms with Crippen molar-refractivity contribution in [2.45, 2.75) is 49.4 Å². The lowest BCUT2D eigenvalue weighted by Crippen LogP contribution is -2.60. The lowest BCUT2D eigenvalue weighted by atomic mass is 9.87. The van der Waals surface area contributed by atoms with E-state index < -0.39 is 10.0 Å². The molecular formula is C19H27N5O3S. The van der Waals surface area contributed by atoms with Crippen molar-refractivity contribution < 1.29 is 13.2 Å². The molecule has 0 amide bonds. The molecular weight excluding hydrogens is 378 g/mol. The fraction of sp³-hybridized carbons (Fsp3) is 0.579. The van der Waals surface area contributed by atoms with Crippen molar-refractivity contribution in [1.29, 1.82) is 0 Å². The minimum Gasteiger partial charge on any atom is -0.378 e. The number of rotatable bonds is 6. The number of aryl methyl sites for hydroxylation is 1. The Morgan fingerprint density at radius 2 is 1.93 bits per heavy atom. The molecule has 2 fully saturated rings. The molecule has 0 spiro atoms. The fourth-order valence-electron chi connectivity index (χ4n) is 4.26. The number of aromatic nitrogens is 3. The van der Waals surface area contributed by atoms with Gasteiger partial charge < -0.3 is 4.74 Å². The summed E-state index contributed by atoms with van der Waals surface area (Å²) in [5.41, 5.74) is 1.20. The van der Waals surface area contributed by atoms with Crippen molar-refractivity contribution in [3.63, 3.8) is 0 Å². The van der Waals surface area contributed by atoms with E-state index in [1.807, 2.05) is 31.5 Å². The van der Waals surface area contributed by atoms with E-state index in [1.165, 1.54) is 11.8 Å². The number of hydrogen-bond acceptors (Lipinski definition) is 6. The first-order chi connectivity index (χ1) is 13.5. The van der Waals surface area contributed by atoms with Gasteiger partial charge in [-0.1, -0.05) is 0 Å². The zero-order valence-corrected chi connectivity index (χ0v) is 17.1. The van der Waals surface area contributed by atoms with Crippen molar-refractivity contribution in [3.8, 4) is 0 Å². The zero-order chi connectivity index (χ0) is 19.7. The Kier molecular flexibility index (Phi) is 5.50. The number of piperidine rings is 1. The molecule has 0 saturated carbocycles. The highest BCUT2D eigenvalue weighted by Gasteiger charge is 2.45. The van der Waals surface area contributed by atoms with E-state index in [1.54, 1.807) is 22.3 Å². The third-order valence-electron chi connectivity index (χ3n) is 5.91. The summed E-state index contributed by atoms with van der Waals surface area (Å²) in [7, 11) is -1.72. The molecule has 9 heteroatoms. The molecule has 2 aromatic heterocycles. The standard InChI is InChI=1S/C19H27N5O3S/c1-3-22-13-17(12-21-22)28(25,26)23-10-6-16(7-11-23)24-14-18(27-2)19(24)15-4-8-20-9-5-15/h4-5,8-9,12-13,16,18-19H,3,6-7,10-11,14H2,1-2H3/t18-,19-/m0/s1. The molecule has 0 unspecified atom stereocenters. The number of sulfonamides is 1. The Morgan fingerprint density at radius 1 is 1.21 bits per heavy atom. The van der Waals surface area contributed by atoms with Gasteiger partial charge in [0.25, 0.3) is 0 Å². The lowest BCUT2D eigenvalue weighted by Gasteiger charge is -2.52. The molecule has 0 aliphatic carbocycles. The average molecular weight is 406 g/mol. The molecule has 2 aliphatic heterocycles. The molecule has 4 heterocycles. The summed E-state index contributed by atoms with van der Waals surface area (Å²) in [4.78, 5) is 6.84. The third-order valence-corrected chi connectivity index (χ3v) is 7.77. The molecule has 2 atom stereocenters. The van der Waals surface area contributed by atoms with Crippen molar-refractivity contribution in [3.05, 3.63) is 42.5 Å². The van der Waals surface area contributed by atoms with Crippen LogP contribution in [0.4, 0.5) is 0 Å². The molecule has 2 aliphatic rings. The Morgan fingerprint density at radius 3 is 2.54 bits per heavy atom. The summed E-state index contributed by atoms with van der Waals surface area (Å²) >= 11 is 0. The summed E-state index contributed by atoms with van der Waals surface area (Å²) in [6, 6.07) is 4.64. The van der Waals surface area contributed by atoms with E-state index in [2.05, 4.69) is 15.0 Å². The number of nitrogens with zero attached hydrogens (tertiary/aromatic N) is 5.